The second-order valence-corrected chi connectivity index (χ2v) is 4.22. The Labute approximate surface area is 115 Å². The highest BCUT2D eigenvalue weighted by Gasteiger charge is 2.10. The van der Waals surface area contributed by atoms with Crippen LogP contribution >= 0.6 is 0 Å². The second-order valence-electron chi connectivity index (χ2n) is 4.22. The van der Waals surface area contributed by atoms with Crippen LogP contribution in [0, 0.1) is 11.3 Å². The Kier molecular flexibility index (Phi) is 2.94. The van der Waals surface area contributed by atoms with E-state index in [0.29, 0.717) is 5.56 Å². The van der Waals surface area contributed by atoms with Crippen LogP contribution in [0.5, 0.6) is 17.4 Å². The Hall–Kier alpha value is -3.06. The van der Waals surface area contributed by atoms with Gasteiger partial charge in [0.25, 0.3) is 0 Å². The zero-order valence-corrected chi connectivity index (χ0v) is 10.4. The van der Waals surface area contributed by atoms with Crippen molar-refractivity contribution in [2.45, 2.75) is 0 Å². The van der Waals surface area contributed by atoms with Gasteiger partial charge < -0.3 is 9.84 Å². The Bertz CT molecular complexity index is 822. The van der Waals surface area contributed by atoms with Gasteiger partial charge in [-0.1, -0.05) is 30.3 Å². The highest BCUT2D eigenvalue weighted by Crippen LogP contribution is 2.31. The summed E-state index contributed by atoms with van der Waals surface area (Å²) in [4.78, 5) is 4.33. The van der Waals surface area contributed by atoms with Crippen molar-refractivity contribution in [2.75, 3.05) is 0 Å². The highest BCUT2D eigenvalue weighted by atomic mass is 16.5. The van der Waals surface area contributed by atoms with Crippen molar-refractivity contribution in [3.8, 4) is 23.4 Å². The summed E-state index contributed by atoms with van der Waals surface area (Å²) in [5.41, 5.74) is 1.06. The molecule has 4 heteroatoms. The SMILES string of the molecule is N#Cc1cc2ccccc2nc1Oc1ccccc1O. The van der Waals surface area contributed by atoms with Crippen LogP contribution < -0.4 is 4.74 Å². The van der Waals surface area contributed by atoms with Gasteiger partial charge in [-0.25, -0.2) is 4.98 Å². The third-order valence-corrected chi connectivity index (χ3v) is 2.88. The van der Waals surface area contributed by atoms with Crippen molar-refractivity contribution in [2.24, 2.45) is 0 Å². The van der Waals surface area contributed by atoms with Gasteiger partial charge in [0.05, 0.1) is 5.52 Å². The fourth-order valence-electron chi connectivity index (χ4n) is 1.90. The first-order chi connectivity index (χ1) is 9.78. The van der Waals surface area contributed by atoms with E-state index in [9.17, 15) is 10.4 Å². The first-order valence-electron chi connectivity index (χ1n) is 6.03. The summed E-state index contributed by atoms with van der Waals surface area (Å²) in [5.74, 6) is 0.464. The van der Waals surface area contributed by atoms with E-state index in [1.165, 1.54) is 6.07 Å². The summed E-state index contributed by atoms with van der Waals surface area (Å²) in [6.07, 6.45) is 0. The molecule has 0 atom stereocenters. The molecule has 0 spiro atoms. The van der Waals surface area contributed by atoms with Gasteiger partial charge in [0, 0.05) is 5.39 Å². The average Bonchev–Trinajstić information content (AvgIpc) is 2.49. The Morgan fingerprint density at radius 3 is 2.60 bits per heavy atom. The molecule has 96 valence electrons. The van der Waals surface area contributed by atoms with E-state index >= 15 is 0 Å². The van der Waals surface area contributed by atoms with Gasteiger partial charge in [0.1, 0.15) is 11.6 Å². The zero-order valence-electron chi connectivity index (χ0n) is 10.4. The zero-order chi connectivity index (χ0) is 13.9. The number of nitrogens with zero attached hydrogens (tertiary/aromatic N) is 2. The number of benzene rings is 2. The number of hydrogen-bond acceptors (Lipinski definition) is 4. The van der Waals surface area contributed by atoms with Crippen LogP contribution in [0.4, 0.5) is 0 Å². The monoisotopic (exact) mass is 262 g/mol. The van der Waals surface area contributed by atoms with Crippen molar-refractivity contribution >= 4 is 10.9 Å². The molecule has 0 saturated heterocycles. The third-order valence-electron chi connectivity index (χ3n) is 2.88. The first-order valence-corrected chi connectivity index (χ1v) is 6.03. The minimum Gasteiger partial charge on any atom is -0.504 e. The number of nitriles is 1. The molecular formula is C16H10N2O2. The first kappa shape index (κ1) is 12.0. The van der Waals surface area contributed by atoms with Crippen LogP contribution in [0.1, 0.15) is 5.56 Å². The van der Waals surface area contributed by atoms with E-state index in [1.807, 2.05) is 24.3 Å². The number of aromatic nitrogens is 1. The fourth-order valence-corrected chi connectivity index (χ4v) is 1.90. The minimum atomic E-state index is 0.00588. The standard InChI is InChI=1S/C16H10N2O2/c17-10-12-9-11-5-1-2-6-13(11)18-16(12)20-15-8-4-3-7-14(15)19/h1-9,19H. The number of rotatable bonds is 2. The minimum absolute atomic E-state index is 0.00588. The molecule has 0 aliphatic heterocycles. The maximum absolute atomic E-state index is 9.71. The molecule has 2 aromatic carbocycles. The van der Waals surface area contributed by atoms with Gasteiger partial charge in [-0.15, -0.1) is 0 Å². The lowest BCUT2D eigenvalue weighted by Crippen LogP contribution is -1.93. The van der Waals surface area contributed by atoms with Crippen LogP contribution in [0.25, 0.3) is 10.9 Å². The molecule has 0 bridgehead atoms. The maximum atomic E-state index is 9.71. The number of hydrogen-bond donors (Lipinski definition) is 1. The smallest absolute Gasteiger partial charge is 0.238 e. The van der Waals surface area contributed by atoms with Gasteiger partial charge in [-0.2, -0.15) is 5.26 Å². The fraction of sp³-hybridized carbons (Fsp3) is 0. The number of ether oxygens (including phenoxy) is 1. The lowest BCUT2D eigenvalue weighted by atomic mass is 10.1. The van der Waals surface area contributed by atoms with E-state index < -0.39 is 0 Å². The molecular weight excluding hydrogens is 252 g/mol. The molecule has 1 heterocycles. The van der Waals surface area contributed by atoms with Crippen LogP contribution in [-0.4, -0.2) is 10.1 Å². The van der Waals surface area contributed by atoms with Gasteiger partial charge in [0.15, 0.2) is 11.5 Å². The van der Waals surface area contributed by atoms with Gasteiger partial charge in [0.2, 0.25) is 5.88 Å². The Morgan fingerprint density at radius 2 is 1.80 bits per heavy atom. The lowest BCUT2D eigenvalue weighted by Gasteiger charge is -2.08. The predicted octanol–water partition coefficient (Wildman–Crippen LogP) is 3.60. The van der Waals surface area contributed by atoms with E-state index in [4.69, 9.17) is 4.74 Å². The van der Waals surface area contributed by atoms with E-state index in [1.54, 1.807) is 24.3 Å². The van der Waals surface area contributed by atoms with Gasteiger partial charge in [-0.3, -0.25) is 0 Å². The number of aromatic hydroxyl groups is 1. The maximum Gasteiger partial charge on any atom is 0.238 e. The molecule has 0 aliphatic rings. The normalized spacial score (nSPS) is 10.2. The molecule has 0 amide bonds. The summed E-state index contributed by atoms with van der Waals surface area (Å²) in [6.45, 7) is 0. The van der Waals surface area contributed by atoms with Crippen molar-refractivity contribution < 1.29 is 9.84 Å². The van der Waals surface area contributed by atoms with Crippen molar-refractivity contribution in [1.29, 1.82) is 5.26 Å². The molecule has 0 aliphatic carbocycles. The molecule has 0 unspecified atom stereocenters. The molecule has 4 nitrogen and oxygen atoms in total. The largest absolute Gasteiger partial charge is 0.504 e. The number of fused-ring (bicyclic) bond motifs is 1. The molecule has 0 saturated carbocycles. The van der Waals surface area contributed by atoms with Crippen LogP contribution in [-0.2, 0) is 0 Å². The van der Waals surface area contributed by atoms with Gasteiger partial charge in [-0.05, 0) is 24.3 Å². The second kappa shape index (κ2) is 4.90. The summed E-state index contributed by atoms with van der Waals surface area (Å²) < 4.78 is 5.56. The summed E-state index contributed by atoms with van der Waals surface area (Å²) in [7, 11) is 0. The van der Waals surface area contributed by atoms with Crippen molar-refractivity contribution in [3.63, 3.8) is 0 Å². The number of para-hydroxylation sites is 3. The van der Waals surface area contributed by atoms with Crippen LogP contribution in [0.2, 0.25) is 0 Å². The highest BCUT2D eigenvalue weighted by molar-refractivity contribution is 5.81. The van der Waals surface area contributed by atoms with Crippen LogP contribution in [0.15, 0.2) is 54.6 Å². The van der Waals surface area contributed by atoms with Crippen molar-refractivity contribution in [3.05, 3.63) is 60.2 Å². The molecule has 1 aromatic heterocycles. The molecule has 3 aromatic rings. The molecule has 0 fully saturated rings. The lowest BCUT2D eigenvalue weighted by molar-refractivity contribution is 0.403. The van der Waals surface area contributed by atoms with E-state index in [0.717, 1.165) is 10.9 Å². The van der Waals surface area contributed by atoms with E-state index in [2.05, 4.69) is 11.1 Å². The number of pyridine rings is 1. The van der Waals surface area contributed by atoms with Gasteiger partial charge >= 0.3 is 0 Å². The molecule has 0 radical (unpaired) electrons. The molecule has 1 N–H and O–H groups in total. The molecule has 20 heavy (non-hydrogen) atoms. The summed E-state index contributed by atoms with van der Waals surface area (Å²) in [6, 6.07) is 17.8. The topological polar surface area (TPSA) is 66.1 Å². The Morgan fingerprint density at radius 1 is 1.05 bits per heavy atom. The number of phenolic OH excluding ortho intramolecular Hbond substituents is 1. The molecule has 3 rings (SSSR count). The van der Waals surface area contributed by atoms with Crippen LogP contribution in [0.3, 0.4) is 0 Å². The van der Waals surface area contributed by atoms with E-state index in [-0.39, 0.29) is 17.4 Å². The van der Waals surface area contributed by atoms with Crippen molar-refractivity contribution in [1.82, 2.24) is 4.98 Å². The Balaban J connectivity index is 2.11. The summed E-state index contributed by atoms with van der Waals surface area (Å²) in [5, 5.41) is 19.8. The quantitative estimate of drug-likeness (QED) is 0.766. The number of phenols is 1. The summed E-state index contributed by atoms with van der Waals surface area (Å²) >= 11 is 0. The predicted molar refractivity (Wildman–Crippen MR) is 74.6 cm³/mol. The average molecular weight is 262 g/mol. The third kappa shape index (κ3) is 2.13.